The smallest absolute Gasteiger partial charge is 0.278 e. The fourth-order valence-corrected chi connectivity index (χ4v) is 2.24. The number of aromatic nitrogens is 4. The predicted octanol–water partition coefficient (Wildman–Crippen LogP) is -1.71. The average molecular weight is 285 g/mol. The molecule has 1 aliphatic rings. The third-order valence-corrected chi connectivity index (χ3v) is 3.21. The van der Waals surface area contributed by atoms with Gasteiger partial charge >= 0.3 is 0 Å². The minimum absolute atomic E-state index is 0.0161. The number of nitrogens with zero attached hydrogens (tertiary/aromatic N) is 3. The first kappa shape index (κ1) is 13.0. The van der Waals surface area contributed by atoms with Crippen LogP contribution in [0.5, 0.6) is 0 Å². The molecule has 1 fully saturated rings. The Hall–Kier alpha value is -2.04. The molecule has 0 saturated carbocycles. The summed E-state index contributed by atoms with van der Waals surface area (Å²) in [6.07, 6.45) is -4.44. The van der Waals surface area contributed by atoms with E-state index in [0.29, 0.717) is 0 Å². The Balaban J connectivity index is 2.10. The van der Waals surface area contributed by atoms with Crippen LogP contribution < -0.4 is 11.3 Å². The van der Waals surface area contributed by atoms with Gasteiger partial charge in [0.2, 0.25) is 5.95 Å². The summed E-state index contributed by atoms with van der Waals surface area (Å²) in [7, 11) is 0. The lowest BCUT2D eigenvalue weighted by Gasteiger charge is -2.14. The zero-order valence-electron chi connectivity index (χ0n) is 10.1. The van der Waals surface area contributed by atoms with Crippen LogP contribution in [0.4, 0.5) is 10.3 Å². The van der Waals surface area contributed by atoms with Crippen LogP contribution in [-0.2, 0) is 4.74 Å². The molecule has 0 radical (unpaired) electrons. The van der Waals surface area contributed by atoms with E-state index in [1.54, 1.807) is 0 Å². The van der Waals surface area contributed by atoms with E-state index in [2.05, 4.69) is 15.0 Å². The minimum Gasteiger partial charge on any atom is -0.394 e. The number of alkyl halides is 1. The number of rotatable bonds is 2. The highest BCUT2D eigenvalue weighted by Crippen LogP contribution is 2.32. The van der Waals surface area contributed by atoms with Crippen LogP contribution in [0.1, 0.15) is 6.23 Å². The zero-order valence-corrected chi connectivity index (χ0v) is 10.1. The SMILES string of the molecule is Nc1nc2ncn([C@@H]3O[C@H](CO)[C@@H](O)[C@H]3F)c2c(=O)[nH]1. The van der Waals surface area contributed by atoms with Gasteiger partial charge in [-0.2, -0.15) is 4.98 Å². The predicted molar refractivity (Wildman–Crippen MR) is 64.5 cm³/mol. The fourth-order valence-electron chi connectivity index (χ4n) is 2.24. The number of nitrogens with one attached hydrogen (secondary N) is 1. The van der Waals surface area contributed by atoms with Gasteiger partial charge in [0.15, 0.2) is 23.6 Å². The highest BCUT2D eigenvalue weighted by molar-refractivity contribution is 5.70. The largest absolute Gasteiger partial charge is 0.394 e. The van der Waals surface area contributed by atoms with Crippen LogP contribution in [0.2, 0.25) is 0 Å². The van der Waals surface area contributed by atoms with Gasteiger partial charge in [-0.1, -0.05) is 0 Å². The van der Waals surface area contributed by atoms with Crippen LogP contribution >= 0.6 is 0 Å². The number of ether oxygens (including phenoxy) is 1. The number of hydrogen-bond acceptors (Lipinski definition) is 7. The molecule has 108 valence electrons. The molecule has 1 saturated heterocycles. The van der Waals surface area contributed by atoms with Crippen molar-refractivity contribution in [3.05, 3.63) is 16.7 Å². The third kappa shape index (κ3) is 1.77. The van der Waals surface area contributed by atoms with Gasteiger partial charge in [0.1, 0.15) is 18.5 Å². The number of imidazole rings is 1. The summed E-state index contributed by atoms with van der Waals surface area (Å²) in [6, 6.07) is 0. The Labute approximate surface area is 110 Å². The number of hydrogen-bond donors (Lipinski definition) is 4. The van der Waals surface area contributed by atoms with E-state index in [-0.39, 0.29) is 17.1 Å². The van der Waals surface area contributed by atoms with Crippen molar-refractivity contribution in [2.75, 3.05) is 12.3 Å². The molecule has 3 heterocycles. The van der Waals surface area contributed by atoms with E-state index in [1.165, 1.54) is 6.33 Å². The maximum atomic E-state index is 14.0. The van der Waals surface area contributed by atoms with E-state index in [0.717, 1.165) is 4.57 Å². The first-order valence-corrected chi connectivity index (χ1v) is 5.83. The average Bonchev–Trinajstić information content (AvgIpc) is 2.93. The van der Waals surface area contributed by atoms with E-state index >= 15 is 0 Å². The maximum absolute atomic E-state index is 14.0. The van der Waals surface area contributed by atoms with Gasteiger partial charge in [-0.15, -0.1) is 0 Å². The fraction of sp³-hybridized carbons (Fsp3) is 0.500. The van der Waals surface area contributed by atoms with Crippen molar-refractivity contribution in [2.45, 2.75) is 24.6 Å². The number of aliphatic hydroxyl groups excluding tert-OH is 2. The molecule has 0 unspecified atom stereocenters. The number of halogens is 1. The summed E-state index contributed by atoms with van der Waals surface area (Å²) in [4.78, 5) is 21.8. The summed E-state index contributed by atoms with van der Waals surface area (Å²) in [6.45, 7) is -0.535. The Kier molecular flexibility index (Phi) is 2.92. The molecule has 9 nitrogen and oxygen atoms in total. The van der Waals surface area contributed by atoms with Gasteiger partial charge in [-0.3, -0.25) is 14.3 Å². The topological polar surface area (TPSA) is 139 Å². The number of nitrogen functional groups attached to an aromatic ring is 1. The summed E-state index contributed by atoms with van der Waals surface area (Å²) < 4.78 is 20.4. The number of nitrogens with two attached hydrogens (primary N) is 1. The monoisotopic (exact) mass is 285 g/mol. The van der Waals surface area contributed by atoms with Crippen molar-refractivity contribution < 1.29 is 19.3 Å². The molecule has 2 aromatic rings. The van der Waals surface area contributed by atoms with Crippen molar-refractivity contribution in [1.29, 1.82) is 0 Å². The molecule has 5 N–H and O–H groups in total. The third-order valence-electron chi connectivity index (χ3n) is 3.21. The molecule has 1 aliphatic heterocycles. The van der Waals surface area contributed by atoms with Crippen molar-refractivity contribution in [3.63, 3.8) is 0 Å². The lowest BCUT2D eigenvalue weighted by molar-refractivity contribution is -0.0458. The summed E-state index contributed by atoms with van der Waals surface area (Å²) in [5.41, 5.74) is 4.82. The molecule has 0 spiro atoms. The molecule has 10 heteroatoms. The highest BCUT2D eigenvalue weighted by atomic mass is 19.1. The molecule has 3 rings (SSSR count). The second-order valence-corrected chi connectivity index (χ2v) is 4.46. The van der Waals surface area contributed by atoms with Gasteiger partial charge < -0.3 is 20.7 Å². The van der Waals surface area contributed by atoms with Crippen LogP contribution in [0.3, 0.4) is 0 Å². The van der Waals surface area contributed by atoms with Crippen LogP contribution in [0.15, 0.2) is 11.1 Å². The van der Waals surface area contributed by atoms with Crippen molar-refractivity contribution in [2.24, 2.45) is 0 Å². The minimum atomic E-state index is -1.80. The van der Waals surface area contributed by atoms with E-state index in [9.17, 15) is 14.3 Å². The molecule has 0 amide bonds. The second-order valence-electron chi connectivity index (χ2n) is 4.46. The Morgan fingerprint density at radius 2 is 2.35 bits per heavy atom. The highest BCUT2D eigenvalue weighted by Gasteiger charge is 2.45. The lowest BCUT2D eigenvalue weighted by atomic mass is 10.1. The van der Waals surface area contributed by atoms with Crippen molar-refractivity contribution in [1.82, 2.24) is 19.5 Å². The van der Waals surface area contributed by atoms with Crippen LogP contribution in [0.25, 0.3) is 11.2 Å². The summed E-state index contributed by atoms with van der Waals surface area (Å²) in [5.74, 6) is -0.106. The number of fused-ring (bicyclic) bond motifs is 1. The molecule has 0 aliphatic carbocycles. The Morgan fingerprint density at radius 1 is 1.60 bits per heavy atom. The normalized spacial score (nSPS) is 30.1. The van der Waals surface area contributed by atoms with Gasteiger partial charge in [-0.05, 0) is 0 Å². The van der Waals surface area contributed by atoms with E-state index < -0.39 is 36.8 Å². The molecular weight excluding hydrogens is 273 g/mol. The van der Waals surface area contributed by atoms with Crippen molar-refractivity contribution in [3.8, 4) is 0 Å². The standard InChI is InChI=1S/C10H12FN5O4/c11-4-6(18)3(1-17)20-9(4)16-2-13-7-5(16)8(19)15-10(12)14-7/h2-4,6,9,17-18H,1H2,(H3,12,14,15,19)/t3-,4-,6-,9-/m1/s1. The maximum Gasteiger partial charge on any atom is 0.278 e. The van der Waals surface area contributed by atoms with Crippen LogP contribution in [-0.4, -0.2) is 54.7 Å². The van der Waals surface area contributed by atoms with Gasteiger partial charge in [0.05, 0.1) is 6.61 Å². The van der Waals surface area contributed by atoms with Gasteiger partial charge in [0, 0.05) is 0 Å². The Bertz CT molecular complexity index is 701. The summed E-state index contributed by atoms with van der Waals surface area (Å²) in [5, 5.41) is 18.6. The van der Waals surface area contributed by atoms with Gasteiger partial charge in [-0.25, -0.2) is 9.37 Å². The van der Waals surface area contributed by atoms with Gasteiger partial charge in [0.25, 0.3) is 5.56 Å². The number of aliphatic hydroxyl groups is 2. The molecule has 0 bridgehead atoms. The quantitative estimate of drug-likeness (QED) is 0.515. The number of aromatic amines is 1. The van der Waals surface area contributed by atoms with Crippen LogP contribution in [0, 0.1) is 0 Å². The van der Waals surface area contributed by atoms with E-state index in [4.69, 9.17) is 15.6 Å². The van der Waals surface area contributed by atoms with Crippen molar-refractivity contribution >= 4 is 17.1 Å². The lowest BCUT2D eigenvalue weighted by Crippen LogP contribution is -2.30. The molecule has 0 aromatic carbocycles. The first-order chi connectivity index (χ1) is 9.52. The van der Waals surface area contributed by atoms with E-state index in [1.807, 2.05) is 0 Å². The molecule has 4 atom stereocenters. The molecular formula is C10H12FN5O4. The second kappa shape index (κ2) is 4.51. The molecule has 20 heavy (non-hydrogen) atoms. The Morgan fingerprint density at radius 3 is 3.00 bits per heavy atom. The summed E-state index contributed by atoms with van der Waals surface area (Å²) >= 11 is 0. The number of H-pyrrole nitrogens is 1. The zero-order chi connectivity index (χ0) is 14.4. The molecule has 2 aromatic heterocycles. The first-order valence-electron chi connectivity index (χ1n) is 5.83. The number of anilines is 1.